The second kappa shape index (κ2) is 5.39. The molecular formula is C9H15BN2O2. The summed E-state index contributed by atoms with van der Waals surface area (Å²) in [6.07, 6.45) is 0. The van der Waals surface area contributed by atoms with Gasteiger partial charge in [0.2, 0.25) is 7.98 Å². The van der Waals surface area contributed by atoms with Crippen LogP contribution in [0.4, 0.5) is 11.4 Å². The van der Waals surface area contributed by atoms with Crippen molar-refractivity contribution in [1.82, 2.24) is 0 Å². The molecule has 0 fully saturated rings. The zero-order valence-corrected chi connectivity index (χ0v) is 8.50. The van der Waals surface area contributed by atoms with Crippen LogP contribution in [0.2, 0.25) is 0 Å². The summed E-state index contributed by atoms with van der Waals surface area (Å²) in [5, 5.41) is 14.9. The van der Waals surface area contributed by atoms with E-state index in [1.807, 2.05) is 26.2 Å². The summed E-state index contributed by atoms with van der Waals surface area (Å²) in [6, 6.07) is 5.70. The maximum Gasteiger partial charge on any atom is 0.214 e. The van der Waals surface area contributed by atoms with Crippen molar-refractivity contribution in [1.29, 1.82) is 0 Å². The van der Waals surface area contributed by atoms with Crippen molar-refractivity contribution in [3.8, 4) is 5.75 Å². The van der Waals surface area contributed by atoms with Gasteiger partial charge in [-0.05, 0) is 12.1 Å². The molecule has 0 radical (unpaired) electrons. The lowest BCUT2D eigenvalue weighted by molar-refractivity contribution is 0.311. The molecule has 0 saturated heterocycles. The average molecular weight is 194 g/mol. The van der Waals surface area contributed by atoms with Crippen molar-refractivity contribution in [3.63, 3.8) is 0 Å². The summed E-state index contributed by atoms with van der Waals surface area (Å²) in [7, 11) is 3.48. The van der Waals surface area contributed by atoms with E-state index in [1.54, 1.807) is 7.11 Å². The highest BCUT2D eigenvalue weighted by Crippen LogP contribution is 2.26. The highest BCUT2D eigenvalue weighted by Gasteiger charge is 2.01. The first-order chi connectivity index (χ1) is 6.81. The Kier molecular flexibility index (Phi) is 4.13. The third-order valence-electron chi connectivity index (χ3n) is 1.92. The molecule has 0 aliphatic carbocycles. The van der Waals surface area contributed by atoms with Gasteiger partial charge in [0.05, 0.1) is 19.4 Å². The molecule has 5 heteroatoms. The van der Waals surface area contributed by atoms with E-state index in [4.69, 9.17) is 9.84 Å². The summed E-state index contributed by atoms with van der Waals surface area (Å²) >= 11 is 0. The highest BCUT2D eigenvalue weighted by atomic mass is 16.5. The molecule has 76 valence electrons. The van der Waals surface area contributed by atoms with Crippen LogP contribution in [-0.2, 0) is 0 Å². The minimum absolute atomic E-state index is 0.111. The molecule has 0 amide bonds. The molecule has 0 aliphatic heterocycles. The van der Waals surface area contributed by atoms with Gasteiger partial charge in [-0.1, -0.05) is 0 Å². The van der Waals surface area contributed by atoms with Crippen LogP contribution in [0.25, 0.3) is 0 Å². The maximum absolute atomic E-state index is 8.70. The molecule has 0 aromatic heterocycles. The molecule has 1 aromatic carbocycles. The van der Waals surface area contributed by atoms with Gasteiger partial charge in [0.25, 0.3) is 0 Å². The van der Waals surface area contributed by atoms with Crippen molar-refractivity contribution in [3.05, 3.63) is 18.2 Å². The lowest BCUT2D eigenvalue weighted by Gasteiger charge is -2.12. The first kappa shape index (κ1) is 10.7. The molecule has 1 aromatic rings. The van der Waals surface area contributed by atoms with Crippen LogP contribution in [0.15, 0.2) is 18.2 Å². The van der Waals surface area contributed by atoms with E-state index in [0.717, 1.165) is 17.1 Å². The van der Waals surface area contributed by atoms with Crippen LogP contribution in [0, 0.1) is 0 Å². The first-order valence-electron chi connectivity index (χ1n) is 4.52. The number of aliphatic hydroxyl groups excluding tert-OH is 1. The molecule has 4 nitrogen and oxygen atoms in total. The first-order valence-corrected chi connectivity index (χ1v) is 4.52. The normalized spacial score (nSPS) is 9.57. The second-order valence-electron chi connectivity index (χ2n) is 2.81. The van der Waals surface area contributed by atoms with E-state index >= 15 is 0 Å². The van der Waals surface area contributed by atoms with Crippen LogP contribution in [0.3, 0.4) is 0 Å². The number of ether oxygens (including phenoxy) is 1. The second-order valence-corrected chi connectivity index (χ2v) is 2.81. The topological polar surface area (TPSA) is 53.5 Å². The third-order valence-corrected chi connectivity index (χ3v) is 1.92. The number of aliphatic hydroxyl groups is 1. The Morgan fingerprint density at radius 3 is 2.79 bits per heavy atom. The average Bonchev–Trinajstić information content (AvgIpc) is 2.25. The summed E-state index contributed by atoms with van der Waals surface area (Å²) in [6.45, 7) is 0.641. The fraction of sp³-hybridized carbons (Fsp3) is 0.333. The molecule has 0 spiro atoms. The Hall–Kier alpha value is -1.36. The lowest BCUT2D eigenvalue weighted by atomic mass is 10.2. The van der Waals surface area contributed by atoms with E-state index in [2.05, 4.69) is 10.5 Å². The zero-order valence-electron chi connectivity index (χ0n) is 8.50. The van der Waals surface area contributed by atoms with Gasteiger partial charge in [-0.2, -0.15) is 0 Å². The van der Waals surface area contributed by atoms with Crippen molar-refractivity contribution in [2.75, 3.05) is 30.8 Å². The standard InChI is InChI=1S/C9H15BN2O2/c1-14-7-2-3-8(12-10)9(6-7)11-4-5-13/h2-3,6,11-13H,4-5,10H2,1H3. The summed E-state index contributed by atoms with van der Waals surface area (Å²) in [5.41, 5.74) is 1.92. The molecule has 1 rings (SSSR count). The van der Waals surface area contributed by atoms with Crippen LogP contribution >= 0.6 is 0 Å². The van der Waals surface area contributed by atoms with Crippen molar-refractivity contribution in [2.24, 2.45) is 0 Å². The SMILES string of the molecule is BNc1ccc(OC)cc1NCCO. The minimum atomic E-state index is 0.111. The Balaban J connectivity index is 2.84. The van der Waals surface area contributed by atoms with E-state index in [-0.39, 0.29) is 6.61 Å². The molecule has 0 unspecified atom stereocenters. The minimum Gasteiger partial charge on any atom is -0.497 e. The van der Waals surface area contributed by atoms with Gasteiger partial charge in [0.15, 0.2) is 0 Å². The van der Waals surface area contributed by atoms with Crippen LogP contribution < -0.4 is 15.3 Å². The van der Waals surface area contributed by atoms with Crippen molar-refractivity contribution >= 4 is 19.4 Å². The largest absolute Gasteiger partial charge is 0.497 e. The maximum atomic E-state index is 8.70. The van der Waals surface area contributed by atoms with E-state index in [9.17, 15) is 0 Å². The Bertz CT molecular complexity index is 294. The van der Waals surface area contributed by atoms with Gasteiger partial charge in [0, 0.05) is 18.3 Å². The number of nitrogens with one attached hydrogen (secondary N) is 2. The fourth-order valence-corrected chi connectivity index (χ4v) is 1.21. The summed E-state index contributed by atoms with van der Waals surface area (Å²) < 4.78 is 5.10. The van der Waals surface area contributed by atoms with Crippen LogP contribution in [0.5, 0.6) is 5.75 Å². The van der Waals surface area contributed by atoms with Crippen LogP contribution in [0.1, 0.15) is 0 Å². The van der Waals surface area contributed by atoms with Crippen molar-refractivity contribution in [2.45, 2.75) is 0 Å². The zero-order chi connectivity index (χ0) is 10.4. The monoisotopic (exact) mass is 194 g/mol. The van der Waals surface area contributed by atoms with Gasteiger partial charge < -0.3 is 20.4 Å². The van der Waals surface area contributed by atoms with Gasteiger partial charge in [-0.25, -0.2) is 0 Å². The number of hydrogen-bond donors (Lipinski definition) is 3. The molecule has 14 heavy (non-hydrogen) atoms. The number of hydrogen-bond acceptors (Lipinski definition) is 4. The number of benzene rings is 1. The number of methoxy groups -OCH3 is 1. The predicted molar refractivity (Wildman–Crippen MR) is 60.7 cm³/mol. The quantitative estimate of drug-likeness (QED) is 0.580. The third kappa shape index (κ3) is 2.57. The molecular weight excluding hydrogens is 179 g/mol. The Labute approximate surface area is 84.7 Å². The molecule has 0 saturated carbocycles. The van der Waals surface area contributed by atoms with Crippen molar-refractivity contribution < 1.29 is 9.84 Å². The van der Waals surface area contributed by atoms with Crippen LogP contribution in [-0.4, -0.2) is 33.3 Å². The highest BCUT2D eigenvalue weighted by molar-refractivity contribution is 6.17. The predicted octanol–water partition coefficient (Wildman–Crippen LogP) is 0.0594. The molecule has 0 atom stereocenters. The molecule has 0 heterocycles. The smallest absolute Gasteiger partial charge is 0.214 e. The van der Waals surface area contributed by atoms with Gasteiger partial charge >= 0.3 is 0 Å². The number of rotatable bonds is 5. The van der Waals surface area contributed by atoms with E-state index < -0.39 is 0 Å². The lowest BCUT2D eigenvalue weighted by Crippen LogP contribution is -2.07. The Morgan fingerprint density at radius 2 is 2.21 bits per heavy atom. The summed E-state index contributed by atoms with van der Waals surface area (Å²) in [4.78, 5) is 0. The van der Waals surface area contributed by atoms with Gasteiger partial charge in [-0.3, -0.25) is 0 Å². The van der Waals surface area contributed by atoms with Gasteiger partial charge in [0.1, 0.15) is 5.75 Å². The number of anilines is 2. The molecule has 0 bridgehead atoms. The molecule has 3 N–H and O–H groups in total. The molecule has 0 aliphatic rings. The van der Waals surface area contributed by atoms with E-state index in [0.29, 0.717) is 6.54 Å². The van der Waals surface area contributed by atoms with E-state index in [1.165, 1.54) is 0 Å². The van der Waals surface area contributed by atoms with Gasteiger partial charge in [-0.15, -0.1) is 0 Å². The fourth-order valence-electron chi connectivity index (χ4n) is 1.21. The summed E-state index contributed by atoms with van der Waals surface area (Å²) in [5.74, 6) is 0.796. The Morgan fingerprint density at radius 1 is 1.43 bits per heavy atom.